The van der Waals surface area contributed by atoms with Gasteiger partial charge in [0.25, 0.3) is 0 Å². The van der Waals surface area contributed by atoms with Crippen molar-refractivity contribution >= 4 is 28.9 Å². The van der Waals surface area contributed by atoms with Crippen LogP contribution < -0.4 is 4.90 Å². The third-order valence-corrected chi connectivity index (χ3v) is 3.85. The third kappa shape index (κ3) is 2.62. The second kappa shape index (κ2) is 5.89. The van der Waals surface area contributed by atoms with Crippen molar-refractivity contribution in [3.05, 3.63) is 64.4 Å². The SMILES string of the molecule is CCN1C(=O)CN=C(c2ccc(F)cc2)c2cc(Cl)ccc21. The topological polar surface area (TPSA) is 32.7 Å². The maximum absolute atomic E-state index is 13.1. The number of hydrogen-bond donors (Lipinski definition) is 0. The maximum atomic E-state index is 13.1. The van der Waals surface area contributed by atoms with Gasteiger partial charge < -0.3 is 4.90 Å². The zero-order valence-electron chi connectivity index (χ0n) is 12.0. The first-order valence-corrected chi connectivity index (χ1v) is 7.38. The molecule has 1 aliphatic heterocycles. The third-order valence-electron chi connectivity index (χ3n) is 3.61. The van der Waals surface area contributed by atoms with Crippen molar-refractivity contribution in [1.82, 2.24) is 0 Å². The van der Waals surface area contributed by atoms with Crippen molar-refractivity contribution in [1.29, 1.82) is 0 Å². The lowest BCUT2D eigenvalue weighted by Crippen LogP contribution is -2.32. The fourth-order valence-corrected chi connectivity index (χ4v) is 2.76. The van der Waals surface area contributed by atoms with Gasteiger partial charge >= 0.3 is 0 Å². The van der Waals surface area contributed by atoms with Crippen LogP contribution in [0.25, 0.3) is 0 Å². The van der Waals surface area contributed by atoms with Crippen LogP contribution in [0.4, 0.5) is 10.1 Å². The van der Waals surface area contributed by atoms with Crippen LogP contribution in [0.1, 0.15) is 18.1 Å². The van der Waals surface area contributed by atoms with Gasteiger partial charge in [-0.05, 0) is 49.4 Å². The van der Waals surface area contributed by atoms with E-state index in [2.05, 4.69) is 4.99 Å². The number of aliphatic imine (C=N–C) groups is 1. The van der Waals surface area contributed by atoms with Gasteiger partial charge in [-0.1, -0.05) is 11.6 Å². The number of carbonyl (C=O) groups is 1. The number of amides is 1. The Morgan fingerprint density at radius 3 is 2.64 bits per heavy atom. The first-order valence-electron chi connectivity index (χ1n) is 7.01. The number of likely N-dealkylation sites (N-methyl/N-ethyl adjacent to an activating group) is 1. The Labute approximate surface area is 133 Å². The Morgan fingerprint density at radius 2 is 1.95 bits per heavy atom. The Balaban J connectivity index is 2.20. The molecule has 0 saturated heterocycles. The van der Waals surface area contributed by atoms with Gasteiger partial charge in [-0.25, -0.2) is 4.39 Å². The largest absolute Gasteiger partial charge is 0.310 e. The summed E-state index contributed by atoms with van der Waals surface area (Å²) in [5.74, 6) is -0.376. The van der Waals surface area contributed by atoms with Crippen LogP contribution in [0.5, 0.6) is 0 Å². The smallest absolute Gasteiger partial charge is 0.248 e. The normalized spacial score (nSPS) is 14.4. The highest BCUT2D eigenvalue weighted by molar-refractivity contribution is 6.32. The molecule has 112 valence electrons. The highest BCUT2D eigenvalue weighted by atomic mass is 35.5. The molecule has 0 aromatic heterocycles. The summed E-state index contributed by atoms with van der Waals surface area (Å²) in [6.07, 6.45) is 0. The molecule has 5 heteroatoms. The number of halogens is 2. The van der Waals surface area contributed by atoms with E-state index in [-0.39, 0.29) is 18.3 Å². The van der Waals surface area contributed by atoms with Crippen molar-refractivity contribution < 1.29 is 9.18 Å². The molecule has 0 atom stereocenters. The molecule has 2 aromatic carbocycles. The summed E-state index contributed by atoms with van der Waals surface area (Å²) in [5, 5.41) is 0.568. The average Bonchev–Trinajstić information content (AvgIpc) is 2.64. The summed E-state index contributed by atoms with van der Waals surface area (Å²) in [6, 6.07) is 11.4. The number of anilines is 1. The van der Waals surface area contributed by atoms with E-state index in [1.807, 2.05) is 13.0 Å². The molecule has 0 saturated carbocycles. The van der Waals surface area contributed by atoms with Gasteiger partial charge in [-0.15, -0.1) is 0 Å². The minimum atomic E-state index is -0.310. The fraction of sp³-hybridized carbons (Fsp3) is 0.176. The summed E-state index contributed by atoms with van der Waals surface area (Å²) in [6.45, 7) is 2.53. The predicted molar refractivity (Wildman–Crippen MR) is 86.4 cm³/mol. The van der Waals surface area contributed by atoms with Crippen molar-refractivity contribution in [2.24, 2.45) is 4.99 Å². The van der Waals surface area contributed by atoms with Gasteiger partial charge in [0.1, 0.15) is 12.4 Å². The number of rotatable bonds is 2. The van der Waals surface area contributed by atoms with Gasteiger partial charge in [0.15, 0.2) is 0 Å². The standard InChI is InChI=1S/C17H14ClFN2O/c1-2-21-15-8-5-12(18)9-14(15)17(20-10-16(21)22)11-3-6-13(19)7-4-11/h3-9H,2,10H2,1H3. The minimum Gasteiger partial charge on any atom is -0.310 e. The molecule has 1 amide bonds. The number of nitrogens with zero attached hydrogens (tertiary/aromatic N) is 2. The van der Waals surface area contributed by atoms with E-state index in [1.54, 1.807) is 29.2 Å². The second-order valence-corrected chi connectivity index (χ2v) is 5.41. The summed E-state index contributed by atoms with van der Waals surface area (Å²) in [4.78, 5) is 18.4. The van der Waals surface area contributed by atoms with E-state index in [0.29, 0.717) is 17.3 Å². The zero-order valence-corrected chi connectivity index (χ0v) is 12.8. The summed E-state index contributed by atoms with van der Waals surface area (Å²) < 4.78 is 13.1. The molecule has 0 unspecified atom stereocenters. The van der Waals surface area contributed by atoms with Crippen LogP contribution in [-0.4, -0.2) is 24.7 Å². The van der Waals surface area contributed by atoms with E-state index in [0.717, 1.165) is 16.8 Å². The molecule has 0 aliphatic carbocycles. The first-order chi connectivity index (χ1) is 10.6. The lowest BCUT2D eigenvalue weighted by atomic mass is 10.00. The molecule has 0 bridgehead atoms. The molecule has 0 fully saturated rings. The molecule has 3 rings (SSSR count). The van der Waals surface area contributed by atoms with Gasteiger partial charge in [0, 0.05) is 22.7 Å². The Hall–Kier alpha value is -2.20. The summed E-state index contributed by atoms with van der Waals surface area (Å²) >= 11 is 6.12. The van der Waals surface area contributed by atoms with Crippen molar-refractivity contribution in [2.75, 3.05) is 18.0 Å². The van der Waals surface area contributed by atoms with Gasteiger partial charge in [-0.2, -0.15) is 0 Å². The van der Waals surface area contributed by atoms with Crippen LogP contribution in [0.3, 0.4) is 0 Å². The molecule has 1 aliphatic rings. The van der Waals surface area contributed by atoms with Crippen LogP contribution in [-0.2, 0) is 4.79 Å². The zero-order chi connectivity index (χ0) is 15.7. The summed E-state index contributed by atoms with van der Waals surface area (Å²) in [5.41, 5.74) is 2.97. The van der Waals surface area contributed by atoms with Gasteiger partial charge in [0.2, 0.25) is 5.91 Å². The molecule has 0 N–H and O–H groups in total. The Morgan fingerprint density at radius 1 is 1.23 bits per heavy atom. The average molecular weight is 317 g/mol. The van der Waals surface area contributed by atoms with Crippen LogP contribution in [0, 0.1) is 5.82 Å². The molecule has 22 heavy (non-hydrogen) atoms. The van der Waals surface area contributed by atoms with Gasteiger partial charge in [-0.3, -0.25) is 9.79 Å². The van der Waals surface area contributed by atoms with Crippen molar-refractivity contribution in [3.8, 4) is 0 Å². The van der Waals surface area contributed by atoms with E-state index < -0.39 is 0 Å². The highest BCUT2D eigenvalue weighted by Gasteiger charge is 2.24. The molecule has 1 heterocycles. The van der Waals surface area contributed by atoms with E-state index in [1.165, 1.54) is 12.1 Å². The molecule has 0 spiro atoms. The Kier molecular flexibility index (Phi) is 3.94. The highest BCUT2D eigenvalue weighted by Crippen LogP contribution is 2.29. The fourth-order valence-electron chi connectivity index (χ4n) is 2.59. The number of carbonyl (C=O) groups excluding carboxylic acids is 1. The van der Waals surface area contributed by atoms with E-state index in [9.17, 15) is 9.18 Å². The predicted octanol–water partition coefficient (Wildman–Crippen LogP) is 3.68. The number of fused-ring (bicyclic) bond motifs is 1. The maximum Gasteiger partial charge on any atom is 0.248 e. The van der Waals surface area contributed by atoms with Gasteiger partial charge in [0.05, 0.1) is 11.4 Å². The second-order valence-electron chi connectivity index (χ2n) is 4.97. The molecule has 3 nitrogen and oxygen atoms in total. The lowest BCUT2D eigenvalue weighted by molar-refractivity contribution is -0.117. The molecule has 2 aromatic rings. The van der Waals surface area contributed by atoms with Crippen LogP contribution in [0.2, 0.25) is 5.02 Å². The van der Waals surface area contributed by atoms with E-state index in [4.69, 9.17) is 11.6 Å². The minimum absolute atomic E-state index is 0.0624. The first kappa shape index (κ1) is 14.7. The molecular weight excluding hydrogens is 303 g/mol. The quantitative estimate of drug-likeness (QED) is 0.832. The monoisotopic (exact) mass is 316 g/mol. The number of benzodiazepines with no additional fused rings is 1. The summed E-state index contributed by atoms with van der Waals surface area (Å²) in [7, 11) is 0. The molecular formula is C17H14ClFN2O. The van der Waals surface area contributed by atoms with Crippen LogP contribution in [0.15, 0.2) is 47.5 Å². The van der Waals surface area contributed by atoms with Crippen LogP contribution >= 0.6 is 11.6 Å². The number of benzene rings is 2. The van der Waals surface area contributed by atoms with Crippen molar-refractivity contribution in [3.63, 3.8) is 0 Å². The van der Waals surface area contributed by atoms with E-state index >= 15 is 0 Å². The molecule has 0 radical (unpaired) electrons. The van der Waals surface area contributed by atoms with Crippen molar-refractivity contribution in [2.45, 2.75) is 6.92 Å². The Bertz CT molecular complexity index is 756. The lowest BCUT2D eigenvalue weighted by Gasteiger charge is -2.21. The number of hydrogen-bond acceptors (Lipinski definition) is 2.